The number of ether oxygens (including phenoxy) is 1. The van der Waals surface area contributed by atoms with Crippen molar-refractivity contribution in [1.82, 2.24) is 0 Å². The van der Waals surface area contributed by atoms with Gasteiger partial charge in [0.1, 0.15) is 24.4 Å². The van der Waals surface area contributed by atoms with Crippen LogP contribution in [0.1, 0.15) is 29.2 Å². The Morgan fingerprint density at radius 2 is 1.64 bits per heavy atom. The first kappa shape index (κ1) is 21.2. The van der Waals surface area contributed by atoms with Crippen molar-refractivity contribution in [3.8, 4) is 0 Å². The summed E-state index contributed by atoms with van der Waals surface area (Å²) in [5.74, 6) is -2.29. The van der Waals surface area contributed by atoms with Crippen LogP contribution >= 0.6 is 11.6 Å². The van der Waals surface area contributed by atoms with Crippen LogP contribution in [0.2, 0.25) is 5.02 Å². The van der Waals surface area contributed by atoms with E-state index in [1.807, 2.05) is 24.3 Å². The molecule has 2 aromatic carbocycles. The van der Waals surface area contributed by atoms with Crippen molar-refractivity contribution in [2.45, 2.75) is 50.0 Å². The molecule has 152 valence electrons. The van der Waals surface area contributed by atoms with Gasteiger partial charge in [-0.3, -0.25) is 0 Å². The molecule has 5 N–H and O–H groups in total. The molecule has 0 amide bonds. The van der Waals surface area contributed by atoms with Gasteiger partial charge in [-0.25, -0.2) is 0 Å². The van der Waals surface area contributed by atoms with Crippen molar-refractivity contribution in [3.63, 3.8) is 0 Å². The third-order valence-corrected chi connectivity index (χ3v) is 5.62. The van der Waals surface area contributed by atoms with E-state index in [1.165, 1.54) is 11.6 Å². The fraction of sp³-hybridized carbons (Fsp3) is 0.429. The predicted molar refractivity (Wildman–Crippen MR) is 104 cm³/mol. The minimum absolute atomic E-state index is 0.175. The quantitative estimate of drug-likeness (QED) is 0.507. The Balaban J connectivity index is 1.92. The van der Waals surface area contributed by atoms with Gasteiger partial charge in [-0.15, -0.1) is 0 Å². The molecule has 0 aliphatic carbocycles. The maximum atomic E-state index is 11.0. The lowest BCUT2D eigenvalue weighted by molar-refractivity contribution is -0.357. The molecule has 2 aromatic rings. The summed E-state index contributed by atoms with van der Waals surface area (Å²) >= 11 is 6.32. The molecule has 0 aromatic heterocycles. The van der Waals surface area contributed by atoms with Crippen LogP contribution in [0.15, 0.2) is 42.5 Å². The SMILES string of the molecule is CCc1ccc(Cc2cc([C@@]3(O)O[C@H](CO)[C@@H](O)[C@H](O)[C@H]3O)ccc2Cl)cc1. The molecule has 1 aliphatic heterocycles. The van der Waals surface area contributed by atoms with Crippen molar-refractivity contribution in [2.24, 2.45) is 0 Å². The van der Waals surface area contributed by atoms with Gasteiger partial charge in [-0.05, 0) is 41.7 Å². The molecule has 0 saturated carbocycles. The van der Waals surface area contributed by atoms with E-state index >= 15 is 0 Å². The van der Waals surface area contributed by atoms with Gasteiger partial charge >= 0.3 is 0 Å². The summed E-state index contributed by atoms with van der Waals surface area (Å²) in [5.41, 5.74) is 3.12. The Labute approximate surface area is 168 Å². The van der Waals surface area contributed by atoms with Gasteiger partial charge in [-0.1, -0.05) is 48.9 Å². The molecule has 6 nitrogen and oxygen atoms in total. The van der Waals surface area contributed by atoms with Gasteiger partial charge in [0.2, 0.25) is 5.79 Å². The predicted octanol–water partition coefficient (Wildman–Crippen LogP) is 1.11. The van der Waals surface area contributed by atoms with Gasteiger partial charge in [0.05, 0.1) is 6.61 Å². The van der Waals surface area contributed by atoms with E-state index in [4.69, 9.17) is 16.3 Å². The second kappa shape index (κ2) is 8.47. The second-order valence-electron chi connectivity index (χ2n) is 7.11. The van der Waals surface area contributed by atoms with Gasteiger partial charge in [0.25, 0.3) is 0 Å². The molecule has 1 aliphatic rings. The first-order valence-electron chi connectivity index (χ1n) is 9.22. The van der Waals surface area contributed by atoms with E-state index in [2.05, 4.69) is 6.92 Å². The highest BCUT2D eigenvalue weighted by atomic mass is 35.5. The number of hydrogen-bond acceptors (Lipinski definition) is 6. The van der Waals surface area contributed by atoms with Crippen LogP contribution in [0.4, 0.5) is 0 Å². The minimum Gasteiger partial charge on any atom is -0.394 e. The Bertz CT molecular complexity index is 809. The maximum absolute atomic E-state index is 11.0. The smallest absolute Gasteiger partial charge is 0.222 e. The van der Waals surface area contributed by atoms with Crippen LogP contribution < -0.4 is 0 Å². The molecule has 5 atom stereocenters. The molecule has 0 radical (unpaired) electrons. The Morgan fingerprint density at radius 1 is 1.00 bits per heavy atom. The number of aliphatic hydroxyl groups is 5. The first-order valence-corrected chi connectivity index (χ1v) is 9.60. The van der Waals surface area contributed by atoms with E-state index in [0.29, 0.717) is 17.0 Å². The fourth-order valence-corrected chi connectivity index (χ4v) is 3.62. The summed E-state index contributed by atoms with van der Waals surface area (Å²) in [6.07, 6.45) is -4.82. The Hall–Kier alpha value is -1.51. The molecule has 1 fully saturated rings. The zero-order valence-electron chi connectivity index (χ0n) is 15.5. The fourth-order valence-electron chi connectivity index (χ4n) is 3.44. The van der Waals surface area contributed by atoms with Crippen LogP contribution in [0.25, 0.3) is 0 Å². The molecule has 28 heavy (non-hydrogen) atoms. The number of hydrogen-bond donors (Lipinski definition) is 5. The molecule has 1 heterocycles. The van der Waals surface area contributed by atoms with Gasteiger partial charge in [0.15, 0.2) is 0 Å². The third-order valence-electron chi connectivity index (χ3n) is 5.25. The van der Waals surface area contributed by atoms with Crippen molar-refractivity contribution in [1.29, 1.82) is 0 Å². The standard InChI is InChI=1S/C21H25ClO6/c1-2-12-3-5-13(6-4-12)9-14-10-15(7-8-16(14)22)21(27)20(26)19(25)18(24)17(11-23)28-21/h3-8,10,17-20,23-27H,2,9,11H2,1H3/t17-,18-,19+,20-,21-/m1/s1. The summed E-state index contributed by atoms with van der Waals surface area (Å²) in [6, 6.07) is 12.7. The molecule has 1 saturated heterocycles. The van der Waals surface area contributed by atoms with E-state index < -0.39 is 36.8 Å². The lowest BCUT2D eigenvalue weighted by Gasteiger charge is -2.45. The highest BCUT2D eigenvalue weighted by Gasteiger charge is 2.53. The van der Waals surface area contributed by atoms with Crippen LogP contribution in [-0.2, 0) is 23.4 Å². The number of benzene rings is 2. The van der Waals surface area contributed by atoms with Crippen LogP contribution in [0.3, 0.4) is 0 Å². The zero-order chi connectivity index (χ0) is 20.5. The van der Waals surface area contributed by atoms with Gasteiger partial charge in [0, 0.05) is 10.6 Å². The molecule has 7 heteroatoms. The second-order valence-corrected chi connectivity index (χ2v) is 7.52. The molecule has 3 rings (SSSR count). The minimum atomic E-state index is -2.29. The average molecular weight is 409 g/mol. The lowest BCUT2D eigenvalue weighted by atomic mass is 9.87. The number of halogens is 1. The van der Waals surface area contributed by atoms with Crippen molar-refractivity contribution >= 4 is 11.6 Å². The Kier molecular flexibility index (Phi) is 6.41. The molecule has 0 unspecified atom stereocenters. The number of rotatable bonds is 5. The van der Waals surface area contributed by atoms with Gasteiger partial charge < -0.3 is 30.3 Å². The van der Waals surface area contributed by atoms with Crippen LogP contribution in [0, 0.1) is 0 Å². The molecular formula is C21H25ClO6. The molecule has 0 bridgehead atoms. The number of aryl methyl sites for hydroxylation is 1. The van der Waals surface area contributed by atoms with Crippen molar-refractivity contribution in [2.75, 3.05) is 6.61 Å². The molecular weight excluding hydrogens is 384 g/mol. The van der Waals surface area contributed by atoms with Crippen LogP contribution in [-0.4, -0.2) is 56.6 Å². The third kappa shape index (κ3) is 3.95. The van der Waals surface area contributed by atoms with E-state index in [0.717, 1.165) is 12.0 Å². The topological polar surface area (TPSA) is 110 Å². The maximum Gasteiger partial charge on any atom is 0.222 e. The Morgan fingerprint density at radius 3 is 2.25 bits per heavy atom. The van der Waals surface area contributed by atoms with Crippen molar-refractivity contribution < 1.29 is 30.3 Å². The van der Waals surface area contributed by atoms with Crippen molar-refractivity contribution in [3.05, 3.63) is 69.7 Å². The number of aliphatic hydroxyl groups excluding tert-OH is 4. The van der Waals surface area contributed by atoms with E-state index in [9.17, 15) is 25.5 Å². The normalized spacial score (nSPS) is 30.4. The zero-order valence-corrected chi connectivity index (χ0v) is 16.3. The summed E-state index contributed by atoms with van der Waals surface area (Å²) < 4.78 is 5.38. The van der Waals surface area contributed by atoms with Gasteiger partial charge in [-0.2, -0.15) is 0 Å². The summed E-state index contributed by atoms with van der Waals surface area (Å²) in [6.45, 7) is 1.45. The van der Waals surface area contributed by atoms with E-state index in [1.54, 1.807) is 12.1 Å². The summed E-state index contributed by atoms with van der Waals surface area (Å²) in [4.78, 5) is 0. The summed E-state index contributed by atoms with van der Waals surface area (Å²) in [7, 11) is 0. The highest BCUT2D eigenvalue weighted by molar-refractivity contribution is 6.31. The van der Waals surface area contributed by atoms with Crippen LogP contribution in [0.5, 0.6) is 0 Å². The largest absolute Gasteiger partial charge is 0.394 e. The monoisotopic (exact) mass is 408 g/mol. The lowest BCUT2D eigenvalue weighted by Crippen LogP contribution is -2.63. The summed E-state index contributed by atoms with van der Waals surface area (Å²) in [5, 5.41) is 51.1. The highest BCUT2D eigenvalue weighted by Crippen LogP contribution is 2.37. The van der Waals surface area contributed by atoms with E-state index in [-0.39, 0.29) is 5.56 Å². The first-order chi connectivity index (χ1) is 13.3. The average Bonchev–Trinajstić information content (AvgIpc) is 2.71. The molecule has 0 spiro atoms.